The molecular weight excluding hydrogens is 260 g/mol. The molecule has 2 N–H and O–H groups in total. The van der Waals surface area contributed by atoms with Crippen molar-refractivity contribution in [3.63, 3.8) is 0 Å². The van der Waals surface area contributed by atoms with Gasteiger partial charge in [-0.15, -0.1) is 0 Å². The van der Waals surface area contributed by atoms with Crippen LogP contribution in [-0.4, -0.2) is 64.3 Å². The molecular formula is C14H26N2O4. The van der Waals surface area contributed by atoms with Crippen molar-refractivity contribution in [1.29, 1.82) is 0 Å². The minimum atomic E-state index is -0.940. The lowest BCUT2D eigenvalue weighted by atomic mass is 9.92. The Morgan fingerprint density at radius 2 is 2.05 bits per heavy atom. The number of rotatable bonds is 6. The number of urea groups is 1. The van der Waals surface area contributed by atoms with Gasteiger partial charge in [-0.05, 0) is 25.2 Å². The Morgan fingerprint density at radius 3 is 2.60 bits per heavy atom. The first-order valence-corrected chi connectivity index (χ1v) is 7.40. The number of hydrogen-bond acceptors (Lipinski definition) is 3. The standard InChI is InChI=1S/C14H26N2O4/c1-3-4-6-15(8-9-17)14(20)16-7-5-11(2)10-12(16)13(18)19/h11-12,17H,3-10H2,1-2H3,(H,18,19). The van der Waals surface area contributed by atoms with Gasteiger partial charge in [0.1, 0.15) is 6.04 Å². The molecule has 0 spiro atoms. The summed E-state index contributed by atoms with van der Waals surface area (Å²) < 4.78 is 0. The zero-order valence-corrected chi connectivity index (χ0v) is 12.4. The SMILES string of the molecule is CCCCN(CCO)C(=O)N1CCC(C)CC1C(=O)O. The molecule has 0 aromatic rings. The van der Waals surface area contributed by atoms with E-state index in [2.05, 4.69) is 0 Å². The Hall–Kier alpha value is -1.30. The van der Waals surface area contributed by atoms with Crippen molar-refractivity contribution in [1.82, 2.24) is 9.80 Å². The van der Waals surface area contributed by atoms with E-state index < -0.39 is 12.0 Å². The average Bonchev–Trinajstić information content (AvgIpc) is 2.42. The van der Waals surface area contributed by atoms with Crippen LogP contribution >= 0.6 is 0 Å². The van der Waals surface area contributed by atoms with Crippen molar-refractivity contribution in [2.75, 3.05) is 26.2 Å². The summed E-state index contributed by atoms with van der Waals surface area (Å²) in [6.07, 6.45) is 3.14. The van der Waals surface area contributed by atoms with E-state index in [1.54, 1.807) is 4.90 Å². The lowest BCUT2D eigenvalue weighted by molar-refractivity contribution is -0.144. The second-order valence-electron chi connectivity index (χ2n) is 5.52. The van der Waals surface area contributed by atoms with Crippen LogP contribution < -0.4 is 0 Å². The van der Waals surface area contributed by atoms with Crippen molar-refractivity contribution in [2.45, 2.75) is 45.6 Å². The van der Waals surface area contributed by atoms with Crippen LogP contribution in [0, 0.1) is 5.92 Å². The van der Waals surface area contributed by atoms with Crippen LogP contribution in [0.5, 0.6) is 0 Å². The lowest BCUT2D eigenvalue weighted by Crippen LogP contribution is -2.55. The van der Waals surface area contributed by atoms with E-state index in [0.717, 1.165) is 19.3 Å². The first-order chi connectivity index (χ1) is 9.51. The topological polar surface area (TPSA) is 81.1 Å². The largest absolute Gasteiger partial charge is 0.480 e. The Morgan fingerprint density at radius 1 is 1.35 bits per heavy atom. The number of carbonyl (C=O) groups excluding carboxylic acids is 1. The van der Waals surface area contributed by atoms with Gasteiger partial charge in [-0.1, -0.05) is 20.3 Å². The van der Waals surface area contributed by atoms with Crippen LogP contribution in [0.4, 0.5) is 4.79 Å². The van der Waals surface area contributed by atoms with E-state index in [1.807, 2.05) is 13.8 Å². The molecule has 6 heteroatoms. The summed E-state index contributed by atoms with van der Waals surface area (Å²) >= 11 is 0. The molecule has 0 aromatic carbocycles. The van der Waals surface area contributed by atoms with Gasteiger partial charge >= 0.3 is 12.0 Å². The van der Waals surface area contributed by atoms with E-state index in [1.165, 1.54) is 4.90 Å². The maximum atomic E-state index is 12.5. The molecule has 1 fully saturated rings. The number of aliphatic hydroxyl groups excluding tert-OH is 1. The van der Waals surface area contributed by atoms with Crippen LogP contribution in [0.25, 0.3) is 0 Å². The van der Waals surface area contributed by atoms with E-state index in [0.29, 0.717) is 25.4 Å². The predicted octanol–water partition coefficient (Wildman–Crippen LogP) is 1.39. The number of amides is 2. The summed E-state index contributed by atoms with van der Waals surface area (Å²) in [5, 5.41) is 18.4. The molecule has 0 bridgehead atoms. The van der Waals surface area contributed by atoms with Gasteiger partial charge in [0.05, 0.1) is 6.61 Å². The molecule has 1 saturated heterocycles. The summed E-state index contributed by atoms with van der Waals surface area (Å²) in [6, 6.07) is -0.999. The molecule has 116 valence electrons. The van der Waals surface area contributed by atoms with Gasteiger partial charge < -0.3 is 20.0 Å². The third-order valence-corrected chi connectivity index (χ3v) is 3.82. The van der Waals surface area contributed by atoms with Gasteiger partial charge in [-0.2, -0.15) is 0 Å². The van der Waals surface area contributed by atoms with Crippen LogP contribution in [0.2, 0.25) is 0 Å². The maximum Gasteiger partial charge on any atom is 0.326 e. The average molecular weight is 286 g/mol. The molecule has 6 nitrogen and oxygen atoms in total. The molecule has 0 aromatic heterocycles. The van der Waals surface area contributed by atoms with Crippen molar-refractivity contribution >= 4 is 12.0 Å². The lowest BCUT2D eigenvalue weighted by Gasteiger charge is -2.39. The number of aliphatic carboxylic acids is 1. The van der Waals surface area contributed by atoms with Crippen molar-refractivity contribution < 1.29 is 19.8 Å². The summed E-state index contributed by atoms with van der Waals surface area (Å²) in [4.78, 5) is 26.9. The molecule has 0 saturated carbocycles. The van der Waals surface area contributed by atoms with Crippen molar-refractivity contribution in [2.24, 2.45) is 5.92 Å². The number of hydrogen-bond donors (Lipinski definition) is 2. The normalized spacial score (nSPS) is 22.6. The minimum Gasteiger partial charge on any atom is -0.480 e. The number of likely N-dealkylation sites (tertiary alicyclic amines) is 1. The number of piperidine rings is 1. The number of aliphatic hydroxyl groups is 1. The monoisotopic (exact) mass is 286 g/mol. The smallest absolute Gasteiger partial charge is 0.326 e. The van der Waals surface area contributed by atoms with E-state index in [9.17, 15) is 14.7 Å². The molecule has 1 aliphatic heterocycles. The van der Waals surface area contributed by atoms with Crippen molar-refractivity contribution in [3.8, 4) is 0 Å². The molecule has 1 heterocycles. The second-order valence-corrected chi connectivity index (χ2v) is 5.52. The number of carboxylic acids is 1. The van der Waals surface area contributed by atoms with Gasteiger partial charge in [0.2, 0.25) is 0 Å². The zero-order chi connectivity index (χ0) is 15.1. The Kier molecular flexibility index (Phi) is 6.78. The third kappa shape index (κ3) is 4.37. The summed E-state index contributed by atoms with van der Waals surface area (Å²) in [7, 11) is 0. The summed E-state index contributed by atoms with van der Waals surface area (Å²) in [5.74, 6) is -0.619. The van der Waals surface area contributed by atoms with Gasteiger partial charge in [0.25, 0.3) is 0 Å². The van der Waals surface area contributed by atoms with Crippen molar-refractivity contribution in [3.05, 3.63) is 0 Å². The quantitative estimate of drug-likeness (QED) is 0.773. The Bertz CT molecular complexity index is 335. The number of nitrogens with zero attached hydrogens (tertiary/aromatic N) is 2. The highest BCUT2D eigenvalue weighted by atomic mass is 16.4. The highest BCUT2D eigenvalue weighted by Gasteiger charge is 2.36. The second kappa shape index (κ2) is 8.09. The van der Waals surface area contributed by atoms with Crippen LogP contribution in [0.1, 0.15) is 39.5 Å². The molecule has 2 amide bonds. The summed E-state index contributed by atoms with van der Waals surface area (Å²) in [5.41, 5.74) is 0. The van der Waals surface area contributed by atoms with E-state index in [4.69, 9.17) is 5.11 Å². The fourth-order valence-electron chi connectivity index (χ4n) is 2.56. The van der Waals surface area contributed by atoms with Gasteiger partial charge in [0, 0.05) is 19.6 Å². The molecule has 0 aliphatic carbocycles. The molecule has 0 radical (unpaired) electrons. The highest BCUT2D eigenvalue weighted by molar-refractivity contribution is 5.83. The molecule has 20 heavy (non-hydrogen) atoms. The fourth-order valence-corrected chi connectivity index (χ4v) is 2.56. The molecule has 1 aliphatic rings. The zero-order valence-electron chi connectivity index (χ0n) is 12.4. The van der Waals surface area contributed by atoms with E-state index >= 15 is 0 Å². The van der Waals surface area contributed by atoms with Crippen LogP contribution in [0.15, 0.2) is 0 Å². The van der Waals surface area contributed by atoms with E-state index in [-0.39, 0.29) is 19.2 Å². The van der Waals surface area contributed by atoms with Gasteiger partial charge in [-0.25, -0.2) is 9.59 Å². The minimum absolute atomic E-state index is 0.0998. The Labute approximate surface area is 120 Å². The highest BCUT2D eigenvalue weighted by Crippen LogP contribution is 2.24. The molecule has 2 unspecified atom stereocenters. The van der Waals surface area contributed by atoms with Gasteiger partial charge in [-0.3, -0.25) is 0 Å². The fraction of sp³-hybridized carbons (Fsp3) is 0.857. The van der Waals surface area contributed by atoms with Crippen LogP contribution in [-0.2, 0) is 4.79 Å². The number of unbranched alkanes of at least 4 members (excludes halogenated alkanes) is 1. The predicted molar refractivity (Wildman–Crippen MR) is 75.5 cm³/mol. The molecule has 2 atom stereocenters. The first kappa shape index (κ1) is 16.8. The van der Waals surface area contributed by atoms with Crippen LogP contribution in [0.3, 0.4) is 0 Å². The third-order valence-electron chi connectivity index (χ3n) is 3.82. The molecule has 1 rings (SSSR count). The summed E-state index contributed by atoms with van der Waals surface area (Å²) in [6.45, 7) is 5.25. The first-order valence-electron chi connectivity index (χ1n) is 7.40. The maximum absolute atomic E-state index is 12.5. The number of carbonyl (C=O) groups is 2. The Balaban J connectivity index is 2.76. The van der Waals surface area contributed by atoms with Gasteiger partial charge in [0.15, 0.2) is 0 Å². The number of carboxylic acid groups (broad SMARTS) is 1.